The number of benzene rings is 2. The van der Waals surface area contributed by atoms with Gasteiger partial charge >= 0.3 is 0 Å². The van der Waals surface area contributed by atoms with E-state index in [0.29, 0.717) is 18.2 Å². The number of carbonyl (C=O) groups excluding carboxylic acids is 1. The smallest absolute Gasteiger partial charge is 0.234 e. The maximum atomic E-state index is 13.7. The van der Waals surface area contributed by atoms with Gasteiger partial charge in [0.25, 0.3) is 0 Å². The maximum absolute atomic E-state index is 13.7. The van der Waals surface area contributed by atoms with E-state index in [-0.39, 0.29) is 30.6 Å². The number of amides is 1. The highest BCUT2D eigenvalue weighted by Crippen LogP contribution is 2.24. The van der Waals surface area contributed by atoms with E-state index in [4.69, 9.17) is 0 Å². The van der Waals surface area contributed by atoms with Gasteiger partial charge in [0.2, 0.25) is 5.91 Å². The lowest BCUT2D eigenvalue weighted by atomic mass is 9.93. The Morgan fingerprint density at radius 3 is 2.41 bits per heavy atom. The number of hydrogen-bond donors (Lipinski definition) is 1. The summed E-state index contributed by atoms with van der Waals surface area (Å²) in [4.78, 5) is 14.7. The average molecular weight is 372 g/mol. The Morgan fingerprint density at radius 2 is 1.70 bits per heavy atom. The molecule has 144 valence electrons. The van der Waals surface area contributed by atoms with Crippen LogP contribution in [0.1, 0.15) is 43.2 Å². The number of carbonyl (C=O) groups is 1. The molecule has 1 amide bonds. The van der Waals surface area contributed by atoms with Gasteiger partial charge in [-0.15, -0.1) is 0 Å². The molecular weight excluding hydrogens is 346 g/mol. The average Bonchev–Trinajstić information content (AvgIpc) is 2.69. The predicted molar refractivity (Wildman–Crippen MR) is 102 cm³/mol. The van der Waals surface area contributed by atoms with Gasteiger partial charge in [0.1, 0.15) is 11.6 Å². The lowest BCUT2D eigenvalue weighted by Gasteiger charge is -2.34. The van der Waals surface area contributed by atoms with E-state index in [9.17, 15) is 13.6 Å². The molecular formula is C22H26F2N2O. The molecule has 3 rings (SSSR count). The van der Waals surface area contributed by atoms with Crippen molar-refractivity contribution >= 4 is 5.91 Å². The van der Waals surface area contributed by atoms with Crippen molar-refractivity contribution in [1.82, 2.24) is 10.2 Å². The van der Waals surface area contributed by atoms with Gasteiger partial charge in [0.05, 0.1) is 6.54 Å². The topological polar surface area (TPSA) is 32.3 Å². The van der Waals surface area contributed by atoms with Crippen molar-refractivity contribution in [2.45, 2.75) is 51.2 Å². The Balaban J connectivity index is 1.62. The van der Waals surface area contributed by atoms with Crippen molar-refractivity contribution in [2.75, 3.05) is 6.54 Å². The van der Waals surface area contributed by atoms with Crippen LogP contribution in [0.4, 0.5) is 8.78 Å². The summed E-state index contributed by atoms with van der Waals surface area (Å²) in [6.45, 7) is 1.05. The molecule has 1 aliphatic rings. The Bertz CT molecular complexity index is 742. The zero-order valence-electron chi connectivity index (χ0n) is 15.5. The number of rotatable bonds is 7. The minimum Gasteiger partial charge on any atom is -0.351 e. The first-order valence-electron chi connectivity index (χ1n) is 9.60. The van der Waals surface area contributed by atoms with Crippen LogP contribution in [0.25, 0.3) is 0 Å². The fourth-order valence-corrected chi connectivity index (χ4v) is 3.66. The number of hydrogen-bond acceptors (Lipinski definition) is 2. The summed E-state index contributed by atoms with van der Waals surface area (Å²) < 4.78 is 26.9. The Morgan fingerprint density at radius 1 is 1.00 bits per heavy atom. The van der Waals surface area contributed by atoms with Gasteiger partial charge in [-0.1, -0.05) is 49.6 Å². The summed E-state index contributed by atoms with van der Waals surface area (Å²) in [5.41, 5.74) is 1.47. The minimum absolute atomic E-state index is 0.120. The molecule has 0 aliphatic heterocycles. The standard InChI is InChI=1S/C22H26F2N2O/c23-19-12-10-17(11-13-19)15-26(20-7-2-1-3-8-20)16-22(27)25-14-18-6-4-5-9-21(18)24/h4-6,9-13,20H,1-3,7-8,14-16H2,(H,25,27). The molecule has 0 heterocycles. The monoisotopic (exact) mass is 372 g/mol. The summed E-state index contributed by atoms with van der Waals surface area (Å²) in [5.74, 6) is -0.690. The summed E-state index contributed by atoms with van der Waals surface area (Å²) in [7, 11) is 0. The quantitative estimate of drug-likeness (QED) is 0.780. The van der Waals surface area contributed by atoms with E-state index in [1.54, 1.807) is 30.3 Å². The van der Waals surface area contributed by atoms with Crippen LogP contribution >= 0.6 is 0 Å². The first-order valence-corrected chi connectivity index (χ1v) is 9.60. The first kappa shape index (κ1) is 19.5. The molecule has 1 fully saturated rings. The molecule has 0 bridgehead atoms. The van der Waals surface area contributed by atoms with Crippen LogP contribution in [0, 0.1) is 11.6 Å². The number of nitrogens with one attached hydrogen (secondary N) is 1. The summed E-state index contributed by atoms with van der Waals surface area (Å²) >= 11 is 0. The SMILES string of the molecule is O=C(CN(Cc1ccc(F)cc1)C1CCCCC1)NCc1ccccc1F. The number of nitrogens with zero attached hydrogens (tertiary/aromatic N) is 1. The zero-order valence-corrected chi connectivity index (χ0v) is 15.5. The van der Waals surface area contributed by atoms with E-state index < -0.39 is 0 Å². The van der Waals surface area contributed by atoms with Crippen molar-refractivity contribution < 1.29 is 13.6 Å². The molecule has 2 aromatic carbocycles. The highest BCUT2D eigenvalue weighted by molar-refractivity contribution is 5.78. The molecule has 3 nitrogen and oxygen atoms in total. The molecule has 2 aromatic rings. The highest BCUT2D eigenvalue weighted by Gasteiger charge is 2.23. The second-order valence-corrected chi connectivity index (χ2v) is 7.19. The van der Waals surface area contributed by atoms with E-state index >= 15 is 0 Å². The van der Waals surface area contributed by atoms with Crippen LogP contribution in [-0.4, -0.2) is 23.4 Å². The van der Waals surface area contributed by atoms with Crippen molar-refractivity contribution in [3.8, 4) is 0 Å². The Labute approximate surface area is 159 Å². The second kappa shape index (κ2) is 9.60. The third kappa shape index (κ3) is 5.86. The molecule has 0 aromatic heterocycles. The van der Waals surface area contributed by atoms with E-state index in [0.717, 1.165) is 18.4 Å². The first-order chi connectivity index (χ1) is 13.1. The van der Waals surface area contributed by atoms with Gasteiger partial charge in [-0.25, -0.2) is 8.78 Å². The Hall–Kier alpha value is -2.27. The van der Waals surface area contributed by atoms with Gasteiger partial charge in [-0.2, -0.15) is 0 Å². The lowest BCUT2D eigenvalue weighted by Crippen LogP contribution is -2.43. The van der Waals surface area contributed by atoms with Crippen LogP contribution in [-0.2, 0) is 17.9 Å². The van der Waals surface area contributed by atoms with Crippen LogP contribution < -0.4 is 5.32 Å². The van der Waals surface area contributed by atoms with Crippen molar-refractivity contribution in [3.63, 3.8) is 0 Å². The van der Waals surface area contributed by atoms with E-state index in [1.165, 1.54) is 37.5 Å². The van der Waals surface area contributed by atoms with Crippen LogP contribution in [0.3, 0.4) is 0 Å². The maximum Gasteiger partial charge on any atom is 0.234 e. The fraction of sp³-hybridized carbons (Fsp3) is 0.409. The summed E-state index contributed by atoms with van der Waals surface area (Å²) in [6, 6.07) is 13.2. The molecule has 0 spiro atoms. The molecule has 27 heavy (non-hydrogen) atoms. The Kier molecular flexibility index (Phi) is 6.93. The van der Waals surface area contributed by atoms with Gasteiger partial charge in [0.15, 0.2) is 0 Å². The van der Waals surface area contributed by atoms with E-state index in [1.807, 2.05) is 0 Å². The van der Waals surface area contributed by atoms with Crippen molar-refractivity contribution in [3.05, 3.63) is 71.3 Å². The second-order valence-electron chi connectivity index (χ2n) is 7.19. The van der Waals surface area contributed by atoms with Crippen molar-refractivity contribution in [1.29, 1.82) is 0 Å². The molecule has 0 saturated heterocycles. The zero-order chi connectivity index (χ0) is 19.1. The third-order valence-electron chi connectivity index (χ3n) is 5.17. The third-order valence-corrected chi connectivity index (χ3v) is 5.17. The van der Waals surface area contributed by atoms with Gasteiger partial charge < -0.3 is 5.32 Å². The molecule has 0 radical (unpaired) electrons. The molecule has 1 saturated carbocycles. The van der Waals surface area contributed by atoms with Crippen LogP contribution in [0.5, 0.6) is 0 Å². The normalized spacial score (nSPS) is 15.1. The predicted octanol–water partition coefficient (Wildman–Crippen LogP) is 4.42. The molecule has 1 N–H and O–H groups in total. The number of halogens is 2. The molecule has 0 unspecified atom stereocenters. The fourth-order valence-electron chi connectivity index (χ4n) is 3.66. The van der Waals surface area contributed by atoms with E-state index in [2.05, 4.69) is 10.2 Å². The van der Waals surface area contributed by atoms with Crippen molar-refractivity contribution in [2.24, 2.45) is 0 Å². The lowest BCUT2D eigenvalue weighted by molar-refractivity contribution is -0.123. The van der Waals surface area contributed by atoms with Crippen LogP contribution in [0.15, 0.2) is 48.5 Å². The summed E-state index contributed by atoms with van der Waals surface area (Å²) in [5, 5.41) is 2.82. The van der Waals surface area contributed by atoms with Gasteiger partial charge in [-0.3, -0.25) is 9.69 Å². The van der Waals surface area contributed by atoms with Gasteiger partial charge in [0, 0.05) is 24.7 Å². The highest BCUT2D eigenvalue weighted by atomic mass is 19.1. The molecule has 5 heteroatoms. The largest absolute Gasteiger partial charge is 0.351 e. The molecule has 0 atom stereocenters. The minimum atomic E-state index is -0.312. The molecule has 1 aliphatic carbocycles. The van der Waals surface area contributed by atoms with Crippen LogP contribution in [0.2, 0.25) is 0 Å². The summed E-state index contributed by atoms with van der Waals surface area (Å²) in [6.07, 6.45) is 5.72. The van der Waals surface area contributed by atoms with Gasteiger partial charge in [-0.05, 0) is 36.6 Å².